The van der Waals surface area contributed by atoms with Gasteiger partial charge in [-0.05, 0) is 32.0 Å². The van der Waals surface area contributed by atoms with Crippen LogP contribution in [-0.4, -0.2) is 79.7 Å². The van der Waals surface area contributed by atoms with Crippen LogP contribution in [0.25, 0.3) is 0 Å². The molecule has 2 aromatic heterocycles. The first kappa shape index (κ1) is 23.3. The van der Waals surface area contributed by atoms with Crippen LogP contribution < -0.4 is 0 Å². The van der Waals surface area contributed by atoms with E-state index in [1.54, 1.807) is 17.3 Å². The van der Waals surface area contributed by atoms with Crippen molar-refractivity contribution in [2.24, 2.45) is 5.92 Å². The molecule has 170 valence electrons. The lowest BCUT2D eigenvalue weighted by Crippen LogP contribution is -2.47. The van der Waals surface area contributed by atoms with E-state index in [1.807, 2.05) is 23.9 Å². The number of fused-ring (bicyclic) bond motifs is 1. The van der Waals surface area contributed by atoms with Gasteiger partial charge in [-0.25, -0.2) is 4.68 Å². The summed E-state index contributed by atoms with van der Waals surface area (Å²) < 4.78 is 8.17. The number of aromatic nitrogens is 4. The van der Waals surface area contributed by atoms with E-state index in [-0.39, 0.29) is 30.6 Å². The summed E-state index contributed by atoms with van der Waals surface area (Å²) >= 11 is 0. The van der Waals surface area contributed by atoms with Gasteiger partial charge >= 0.3 is 0 Å². The fourth-order valence-corrected chi connectivity index (χ4v) is 3.92. The Morgan fingerprint density at radius 2 is 2.23 bits per heavy atom. The third kappa shape index (κ3) is 6.56. The maximum Gasteiger partial charge on any atom is 0.222 e. The molecule has 0 aromatic carbocycles. The molecule has 1 amide bonds. The third-order valence-corrected chi connectivity index (χ3v) is 5.81. The maximum atomic E-state index is 12.9. The zero-order chi connectivity index (χ0) is 22.2. The van der Waals surface area contributed by atoms with Gasteiger partial charge < -0.3 is 14.7 Å². The lowest BCUT2D eigenvalue weighted by molar-refractivity contribution is -0.136. The van der Waals surface area contributed by atoms with E-state index in [0.29, 0.717) is 39.1 Å². The van der Waals surface area contributed by atoms with Gasteiger partial charge in [0.2, 0.25) is 5.91 Å². The predicted molar refractivity (Wildman–Crippen MR) is 116 cm³/mol. The number of nitrogens with zero attached hydrogens (tertiary/aromatic N) is 6. The molecule has 9 nitrogen and oxygen atoms in total. The van der Waals surface area contributed by atoms with Gasteiger partial charge in [0, 0.05) is 50.9 Å². The van der Waals surface area contributed by atoms with Gasteiger partial charge in [0.05, 0.1) is 37.3 Å². The Labute approximate surface area is 184 Å². The van der Waals surface area contributed by atoms with E-state index >= 15 is 0 Å². The topological polar surface area (TPSA) is 96.6 Å². The van der Waals surface area contributed by atoms with Crippen molar-refractivity contribution in [1.82, 2.24) is 29.8 Å². The van der Waals surface area contributed by atoms with Crippen molar-refractivity contribution in [2.75, 3.05) is 26.7 Å². The summed E-state index contributed by atoms with van der Waals surface area (Å²) in [6.45, 7) is 6.98. The standard InChI is InChI=1S/C22H34N6O3/c1-17-12-27(18(2)15-29)22(30)7-5-9-28-20(11-24-25-28)16-31-21(17)14-26(3)13-19-6-4-8-23-10-19/h4,6,8,10-11,17-18,21,29H,5,7,9,12-16H2,1-3H3/t17-,18-,21-/m1/s1. The van der Waals surface area contributed by atoms with E-state index in [2.05, 4.69) is 40.2 Å². The first-order valence-electron chi connectivity index (χ1n) is 10.9. The molecule has 0 unspecified atom stereocenters. The lowest BCUT2D eigenvalue weighted by atomic mass is 10.0. The number of aliphatic hydroxyl groups excluding tert-OH is 1. The smallest absolute Gasteiger partial charge is 0.222 e. The Morgan fingerprint density at radius 3 is 2.97 bits per heavy atom. The molecule has 3 atom stereocenters. The molecule has 2 aromatic rings. The number of ether oxygens (including phenoxy) is 1. The van der Waals surface area contributed by atoms with Gasteiger partial charge in [-0.15, -0.1) is 5.10 Å². The van der Waals surface area contributed by atoms with Crippen LogP contribution in [0.2, 0.25) is 0 Å². The molecule has 1 N–H and O–H groups in total. The second kappa shape index (κ2) is 11.3. The minimum absolute atomic E-state index is 0.0538. The summed E-state index contributed by atoms with van der Waals surface area (Å²) in [6, 6.07) is 3.77. The maximum absolute atomic E-state index is 12.9. The predicted octanol–water partition coefficient (Wildman–Crippen LogP) is 1.33. The van der Waals surface area contributed by atoms with Crippen LogP contribution in [0.3, 0.4) is 0 Å². The SMILES string of the molecule is C[C@@H]1CN([C@H](C)CO)C(=O)CCCn2nncc2CO[C@@H]1CN(C)Cc1cccnc1. The molecule has 0 aliphatic carbocycles. The number of pyridine rings is 1. The monoisotopic (exact) mass is 430 g/mol. The van der Waals surface area contributed by atoms with Crippen molar-refractivity contribution in [2.45, 2.75) is 58.5 Å². The molecule has 0 saturated heterocycles. The molecule has 3 heterocycles. The van der Waals surface area contributed by atoms with Crippen molar-refractivity contribution in [1.29, 1.82) is 0 Å². The summed E-state index contributed by atoms with van der Waals surface area (Å²) in [5, 5.41) is 17.9. The minimum atomic E-state index is -0.228. The highest BCUT2D eigenvalue weighted by molar-refractivity contribution is 5.76. The zero-order valence-corrected chi connectivity index (χ0v) is 18.7. The summed E-state index contributed by atoms with van der Waals surface area (Å²) in [7, 11) is 2.06. The quantitative estimate of drug-likeness (QED) is 0.738. The molecule has 1 aliphatic rings. The normalized spacial score (nSPS) is 22.0. The molecule has 31 heavy (non-hydrogen) atoms. The average molecular weight is 431 g/mol. The second-order valence-electron chi connectivity index (χ2n) is 8.51. The van der Waals surface area contributed by atoms with Gasteiger partial charge in [0.1, 0.15) is 0 Å². The van der Waals surface area contributed by atoms with Gasteiger partial charge in [-0.2, -0.15) is 0 Å². The van der Waals surface area contributed by atoms with Crippen molar-refractivity contribution < 1.29 is 14.6 Å². The molecular formula is C22H34N6O3. The van der Waals surface area contributed by atoms with Gasteiger partial charge in [0.15, 0.2) is 0 Å². The average Bonchev–Trinajstić information content (AvgIpc) is 3.21. The van der Waals surface area contributed by atoms with Crippen LogP contribution in [-0.2, 0) is 29.2 Å². The van der Waals surface area contributed by atoms with Crippen LogP contribution in [0.4, 0.5) is 0 Å². The lowest BCUT2D eigenvalue weighted by Gasteiger charge is -2.35. The molecule has 9 heteroatoms. The van der Waals surface area contributed by atoms with Gasteiger partial charge in [-0.1, -0.05) is 18.2 Å². The molecule has 0 spiro atoms. The molecule has 3 rings (SSSR count). The highest BCUT2D eigenvalue weighted by atomic mass is 16.5. The number of carbonyl (C=O) groups excluding carboxylic acids is 1. The number of rotatable bonds is 6. The Hall–Kier alpha value is -2.36. The molecule has 0 bridgehead atoms. The summed E-state index contributed by atoms with van der Waals surface area (Å²) in [4.78, 5) is 21.1. The summed E-state index contributed by atoms with van der Waals surface area (Å²) in [5.41, 5.74) is 2.06. The first-order chi connectivity index (χ1) is 15.0. The number of amides is 1. The minimum Gasteiger partial charge on any atom is -0.394 e. The number of hydrogen-bond acceptors (Lipinski definition) is 7. The number of carbonyl (C=O) groups is 1. The Bertz CT molecular complexity index is 815. The Morgan fingerprint density at radius 1 is 1.39 bits per heavy atom. The molecule has 0 fully saturated rings. The fraction of sp³-hybridized carbons (Fsp3) is 0.636. The van der Waals surface area contributed by atoms with Crippen molar-refractivity contribution in [3.05, 3.63) is 42.0 Å². The Kier molecular flexibility index (Phi) is 8.51. The first-order valence-corrected chi connectivity index (χ1v) is 10.9. The second-order valence-corrected chi connectivity index (χ2v) is 8.51. The summed E-state index contributed by atoms with van der Waals surface area (Å²) in [5.74, 6) is 0.135. The van der Waals surface area contributed by atoms with E-state index in [0.717, 1.165) is 17.8 Å². The van der Waals surface area contributed by atoms with Crippen LogP contribution >= 0.6 is 0 Å². The number of aliphatic hydroxyl groups is 1. The molecular weight excluding hydrogens is 396 g/mol. The number of likely N-dealkylation sites (N-methyl/N-ethyl adjacent to an activating group) is 1. The Balaban J connectivity index is 1.77. The van der Waals surface area contributed by atoms with Gasteiger partial charge in [-0.3, -0.25) is 14.7 Å². The van der Waals surface area contributed by atoms with E-state index in [9.17, 15) is 9.90 Å². The summed E-state index contributed by atoms with van der Waals surface area (Å²) in [6.07, 6.45) is 6.36. The highest BCUT2D eigenvalue weighted by Crippen LogP contribution is 2.18. The number of aryl methyl sites for hydroxylation is 1. The fourth-order valence-electron chi connectivity index (χ4n) is 3.92. The third-order valence-electron chi connectivity index (χ3n) is 5.81. The van der Waals surface area contributed by atoms with Crippen molar-refractivity contribution in [3.8, 4) is 0 Å². The van der Waals surface area contributed by atoms with Crippen LogP contribution in [0.1, 0.15) is 37.9 Å². The van der Waals surface area contributed by atoms with Crippen molar-refractivity contribution in [3.63, 3.8) is 0 Å². The van der Waals surface area contributed by atoms with Crippen LogP contribution in [0.5, 0.6) is 0 Å². The van der Waals surface area contributed by atoms with Crippen LogP contribution in [0.15, 0.2) is 30.7 Å². The molecule has 0 radical (unpaired) electrons. The number of hydrogen-bond donors (Lipinski definition) is 1. The van der Waals surface area contributed by atoms with E-state index in [4.69, 9.17) is 4.74 Å². The van der Waals surface area contributed by atoms with Crippen LogP contribution in [0, 0.1) is 5.92 Å². The van der Waals surface area contributed by atoms with Gasteiger partial charge in [0.25, 0.3) is 0 Å². The van der Waals surface area contributed by atoms with E-state index < -0.39 is 0 Å². The zero-order valence-electron chi connectivity index (χ0n) is 18.7. The van der Waals surface area contributed by atoms with E-state index in [1.165, 1.54) is 0 Å². The molecule has 0 saturated carbocycles. The van der Waals surface area contributed by atoms with Crippen molar-refractivity contribution >= 4 is 5.91 Å². The highest BCUT2D eigenvalue weighted by Gasteiger charge is 2.28. The molecule has 1 aliphatic heterocycles. The largest absolute Gasteiger partial charge is 0.394 e.